The Hall–Kier alpha value is -1.58. The highest BCUT2D eigenvalue weighted by molar-refractivity contribution is 5.77. The minimum atomic E-state index is 0.116. The van der Waals surface area contributed by atoms with Crippen LogP contribution in [0.25, 0.3) is 0 Å². The van der Waals surface area contributed by atoms with Gasteiger partial charge in [-0.3, -0.25) is 9.78 Å². The van der Waals surface area contributed by atoms with Crippen molar-refractivity contribution in [3.05, 3.63) is 23.0 Å². The molecule has 3 N–H and O–H groups in total. The van der Waals surface area contributed by atoms with Crippen molar-refractivity contribution in [2.24, 2.45) is 0 Å². The fourth-order valence-corrected chi connectivity index (χ4v) is 2.12. The lowest BCUT2D eigenvalue weighted by Gasteiger charge is -2.22. The van der Waals surface area contributed by atoms with Crippen molar-refractivity contribution in [1.82, 2.24) is 10.3 Å². The molecule has 16 heavy (non-hydrogen) atoms. The number of hydrogen-bond acceptors (Lipinski definition) is 3. The third kappa shape index (κ3) is 2.01. The van der Waals surface area contributed by atoms with Crippen molar-refractivity contribution in [1.29, 1.82) is 0 Å². The van der Waals surface area contributed by atoms with Crippen LogP contribution in [-0.2, 0) is 4.79 Å². The predicted octanol–water partition coefficient (Wildman–Crippen LogP) is 1.27. The number of carbonyl (C=O) groups is 1. The van der Waals surface area contributed by atoms with E-state index in [1.165, 1.54) is 0 Å². The Morgan fingerprint density at radius 3 is 2.88 bits per heavy atom. The second kappa shape index (κ2) is 4.12. The predicted molar refractivity (Wildman–Crippen MR) is 63.1 cm³/mol. The number of nitrogen functional groups attached to an aromatic ring is 1. The van der Waals surface area contributed by atoms with E-state index in [0.29, 0.717) is 6.42 Å². The normalized spacial score (nSPS) is 20.6. The first-order chi connectivity index (χ1) is 7.58. The maximum atomic E-state index is 11.3. The summed E-state index contributed by atoms with van der Waals surface area (Å²) in [7, 11) is 0. The van der Waals surface area contributed by atoms with Gasteiger partial charge < -0.3 is 11.1 Å². The second-order valence-electron chi connectivity index (χ2n) is 4.40. The van der Waals surface area contributed by atoms with Gasteiger partial charge in [0.2, 0.25) is 5.91 Å². The molecular weight excluding hydrogens is 202 g/mol. The smallest absolute Gasteiger partial charge is 0.220 e. The first-order valence-electron chi connectivity index (χ1n) is 5.58. The zero-order valence-corrected chi connectivity index (χ0v) is 9.71. The Kier molecular flexibility index (Phi) is 2.81. The molecule has 4 heteroatoms. The van der Waals surface area contributed by atoms with Crippen LogP contribution in [0.4, 0.5) is 5.69 Å². The molecule has 1 amide bonds. The summed E-state index contributed by atoms with van der Waals surface area (Å²) in [5, 5.41) is 2.83. The first kappa shape index (κ1) is 10.9. The van der Waals surface area contributed by atoms with E-state index >= 15 is 0 Å². The summed E-state index contributed by atoms with van der Waals surface area (Å²) in [6, 6.07) is 2.01. The lowest BCUT2D eigenvalue weighted by atomic mass is 9.92. The van der Waals surface area contributed by atoms with E-state index < -0.39 is 0 Å². The van der Waals surface area contributed by atoms with E-state index in [2.05, 4.69) is 10.3 Å². The van der Waals surface area contributed by atoms with Crippen LogP contribution >= 0.6 is 0 Å². The van der Waals surface area contributed by atoms with Gasteiger partial charge in [-0.15, -0.1) is 0 Å². The summed E-state index contributed by atoms with van der Waals surface area (Å²) in [5.74, 6) is 0.358. The summed E-state index contributed by atoms with van der Waals surface area (Å²) < 4.78 is 0. The Balaban J connectivity index is 2.30. The number of piperidine rings is 1. The monoisotopic (exact) mass is 219 g/mol. The number of aromatic nitrogens is 1. The van der Waals surface area contributed by atoms with Gasteiger partial charge in [-0.2, -0.15) is 0 Å². The largest absolute Gasteiger partial charge is 0.397 e. The van der Waals surface area contributed by atoms with Crippen molar-refractivity contribution in [2.45, 2.75) is 32.6 Å². The molecule has 1 aliphatic heterocycles. The van der Waals surface area contributed by atoms with E-state index in [-0.39, 0.29) is 11.8 Å². The number of amides is 1. The van der Waals surface area contributed by atoms with Gasteiger partial charge in [-0.1, -0.05) is 0 Å². The average Bonchev–Trinajstić information content (AvgIpc) is 2.25. The number of nitrogens with zero attached hydrogens (tertiary/aromatic N) is 1. The molecule has 1 aromatic rings. The van der Waals surface area contributed by atoms with Crippen LogP contribution in [0.1, 0.15) is 35.7 Å². The standard InChI is InChI=1S/C12H17N3O/c1-7-5-10(15-8(2)12(7)13)9-3-4-14-11(16)6-9/h5,9H,3-4,6,13H2,1-2H3,(H,14,16). The van der Waals surface area contributed by atoms with Crippen LogP contribution in [0.15, 0.2) is 6.07 Å². The van der Waals surface area contributed by atoms with Gasteiger partial charge in [-0.25, -0.2) is 0 Å². The Morgan fingerprint density at radius 2 is 2.25 bits per heavy atom. The zero-order chi connectivity index (χ0) is 11.7. The molecule has 4 nitrogen and oxygen atoms in total. The van der Waals surface area contributed by atoms with Crippen molar-refractivity contribution >= 4 is 11.6 Å². The molecule has 0 spiro atoms. The maximum absolute atomic E-state index is 11.3. The van der Waals surface area contributed by atoms with E-state index in [1.54, 1.807) is 0 Å². The molecule has 2 heterocycles. The highest BCUT2D eigenvalue weighted by Crippen LogP contribution is 2.27. The van der Waals surface area contributed by atoms with Crippen LogP contribution in [0, 0.1) is 13.8 Å². The highest BCUT2D eigenvalue weighted by atomic mass is 16.1. The Labute approximate surface area is 95.3 Å². The summed E-state index contributed by atoms with van der Waals surface area (Å²) >= 11 is 0. The van der Waals surface area contributed by atoms with Crippen LogP contribution in [-0.4, -0.2) is 17.4 Å². The van der Waals surface area contributed by atoms with Crippen LogP contribution in [0.5, 0.6) is 0 Å². The van der Waals surface area contributed by atoms with Gasteiger partial charge in [0, 0.05) is 24.6 Å². The molecule has 0 bridgehead atoms. The fraction of sp³-hybridized carbons (Fsp3) is 0.500. The lowest BCUT2D eigenvalue weighted by Crippen LogP contribution is -2.33. The van der Waals surface area contributed by atoms with Crippen molar-refractivity contribution in [2.75, 3.05) is 12.3 Å². The number of aryl methyl sites for hydroxylation is 2. The fourth-order valence-electron chi connectivity index (χ4n) is 2.12. The van der Waals surface area contributed by atoms with Gasteiger partial charge in [-0.05, 0) is 31.9 Å². The van der Waals surface area contributed by atoms with Gasteiger partial charge in [0.25, 0.3) is 0 Å². The van der Waals surface area contributed by atoms with Crippen molar-refractivity contribution in [3.63, 3.8) is 0 Å². The van der Waals surface area contributed by atoms with Crippen molar-refractivity contribution < 1.29 is 4.79 Å². The summed E-state index contributed by atoms with van der Waals surface area (Å²) in [6.07, 6.45) is 1.50. The minimum absolute atomic E-state index is 0.116. The number of nitrogens with one attached hydrogen (secondary N) is 1. The molecule has 0 aliphatic carbocycles. The van der Waals surface area contributed by atoms with Gasteiger partial charge in [0.05, 0.1) is 11.4 Å². The number of nitrogens with two attached hydrogens (primary N) is 1. The first-order valence-corrected chi connectivity index (χ1v) is 5.58. The van der Waals surface area contributed by atoms with Crippen molar-refractivity contribution in [3.8, 4) is 0 Å². The van der Waals surface area contributed by atoms with Crippen LogP contribution in [0.3, 0.4) is 0 Å². The molecule has 0 saturated carbocycles. The number of hydrogen-bond donors (Lipinski definition) is 2. The minimum Gasteiger partial charge on any atom is -0.397 e. The third-order valence-electron chi connectivity index (χ3n) is 3.14. The number of anilines is 1. The van der Waals surface area contributed by atoms with Gasteiger partial charge >= 0.3 is 0 Å². The molecule has 0 aromatic carbocycles. The molecule has 1 aliphatic rings. The number of pyridine rings is 1. The zero-order valence-electron chi connectivity index (χ0n) is 9.71. The van der Waals surface area contributed by atoms with Crippen LogP contribution in [0.2, 0.25) is 0 Å². The Bertz CT molecular complexity index is 405. The summed E-state index contributed by atoms with van der Waals surface area (Å²) in [4.78, 5) is 15.8. The molecule has 0 radical (unpaired) electrons. The summed E-state index contributed by atoms with van der Waals surface area (Å²) in [6.45, 7) is 4.64. The highest BCUT2D eigenvalue weighted by Gasteiger charge is 2.22. The molecular formula is C12H17N3O. The molecule has 1 atom stereocenters. The average molecular weight is 219 g/mol. The van der Waals surface area contributed by atoms with E-state index in [4.69, 9.17) is 5.73 Å². The molecule has 86 valence electrons. The quantitative estimate of drug-likeness (QED) is 0.747. The SMILES string of the molecule is Cc1cc(C2CCNC(=O)C2)nc(C)c1N. The maximum Gasteiger partial charge on any atom is 0.220 e. The topological polar surface area (TPSA) is 68.0 Å². The Morgan fingerprint density at radius 1 is 1.50 bits per heavy atom. The van der Waals surface area contributed by atoms with Crippen LogP contribution < -0.4 is 11.1 Å². The van der Waals surface area contributed by atoms with Gasteiger partial charge in [0.15, 0.2) is 0 Å². The van der Waals surface area contributed by atoms with E-state index in [0.717, 1.165) is 35.6 Å². The number of rotatable bonds is 1. The molecule has 1 saturated heterocycles. The lowest BCUT2D eigenvalue weighted by molar-refractivity contribution is -0.122. The van der Waals surface area contributed by atoms with E-state index in [1.807, 2.05) is 19.9 Å². The second-order valence-corrected chi connectivity index (χ2v) is 4.40. The molecule has 1 unspecified atom stereocenters. The van der Waals surface area contributed by atoms with E-state index in [9.17, 15) is 4.79 Å². The molecule has 2 rings (SSSR count). The van der Waals surface area contributed by atoms with Gasteiger partial charge in [0.1, 0.15) is 0 Å². The third-order valence-corrected chi connectivity index (χ3v) is 3.14. The molecule has 1 fully saturated rings. The molecule has 1 aromatic heterocycles. The summed E-state index contributed by atoms with van der Waals surface area (Å²) in [5.41, 5.74) is 9.53. The number of carbonyl (C=O) groups excluding carboxylic acids is 1.